The summed E-state index contributed by atoms with van der Waals surface area (Å²) >= 11 is 7.60. The first-order chi connectivity index (χ1) is 12.9. The molecule has 0 saturated heterocycles. The Bertz CT molecular complexity index is 928. The van der Waals surface area contributed by atoms with E-state index >= 15 is 0 Å². The monoisotopic (exact) mass is 402 g/mol. The fourth-order valence-electron chi connectivity index (χ4n) is 2.81. The van der Waals surface area contributed by atoms with Crippen LogP contribution in [0.25, 0.3) is 5.69 Å². The van der Waals surface area contributed by atoms with Crippen LogP contribution in [0.5, 0.6) is 0 Å². The van der Waals surface area contributed by atoms with Gasteiger partial charge in [-0.15, -0.1) is 11.3 Å². The van der Waals surface area contributed by atoms with Crippen LogP contribution in [0, 0.1) is 0 Å². The zero-order valence-electron chi connectivity index (χ0n) is 15.9. The smallest absolute Gasteiger partial charge is 0.255 e. The quantitative estimate of drug-likeness (QED) is 0.619. The predicted octanol–water partition coefficient (Wildman–Crippen LogP) is 5.16. The van der Waals surface area contributed by atoms with Gasteiger partial charge < -0.3 is 5.32 Å². The minimum atomic E-state index is -0.141. The first-order valence-electron chi connectivity index (χ1n) is 8.93. The number of hydrogen-bond donors (Lipinski definition) is 1. The van der Waals surface area contributed by atoms with E-state index in [0.29, 0.717) is 23.0 Å². The maximum Gasteiger partial charge on any atom is 0.255 e. The summed E-state index contributed by atoms with van der Waals surface area (Å²) in [6, 6.07) is 7.42. The summed E-state index contributed by atoms with van der Waals surface area (Å²) < 4.78 is 1.80. The highest BCUT2D eigenvalue weighted by Crippen LogP contribution is 2.24. The molecular weight excluding hydrogens is 380 g/mol. The van der Waals surface area contributed by atoms with Crippen molar-refractivity contribution in [2.75, 3.05) is 0 Å². The lowest BCUT2D eigenvalue weighted by molar-refractivity contribution is 0.0949. The number of rotatable bonds is 6. The number of benzene rings is 1. The van der Waals surface area contributed by atoms with E-state index in [2.05, 4.69) is 43.1 Å². The highest BCUT2D eigenvalue weighted by Gasteiger charge is 2.21. The fraction of sp³-hybridized carbons (Fsp3) is 0.350. The number of nitrogens with zero attached hydrogens (tertiary/aromatic N) is 3. The normalized spacial score (nSPS) is 11.4. The minimum Gasteiger partial charge on any atom is -0.346 e. The van der Waals surface area contributed by atoms with Crippen LogP contribution in [-0.2, 0) is 6.54 Å². The molecule has 0 fully saturated rings. The van der Waals surface area contributed by atoms with Crippen LogP contribution in [0.15, 0.2) is 35.8 Å². The van der Waals surface area contributed by atoms with E-state index in [0.717, 1.165) is 22.1 Å². The van der Waals surface area contributed by atoms with E-state index < -0.39 is 0 Å². The summed E-state index contributed by atoms with van der Waals surface area (Å²) in [5, 5.41) is 11.2. The summed E-state index contributed by atoms with van der Waals surface area (Å²) in [5.41, 5.74) is 3.21. The number of aromatic nitrogens is 3. The van der Waals surface area contributed by atoms with Gasteiger partial charge in [0.1, 0.15) is 0 Å². The van der Waals surface area contributed by atoms with Gasteiger partial charge in [-0.3, -0.25) is 4.79 Å². The van der Waals surface area contributed by atoms with Crippen LogP contribution in [0.2, 0.25) is 5.02 Å². The Hall–Kier alpha value is -2.18. The maximum atomic E-state index is 12.8. The molecule has 3 aromatic rings. The van der Waals surface area contributed by atoms with Crippen LogP contribution in [0.1, 0.15) is 66.3 Å². The molecule has 7 heteroatoms. The van der Waals surface area contributed by atoms with E-state index in [1.54, 1.807) is 22.2 Å². The molecule has 1 N–H and O–H groups in total. The second-order valence-electron chi connectivity index (χ2n) is 7.00. The average molecular weight is 403 g/mol. The topological polar surface area (TPSA) is 59.8 Å². The van der Waals surface area contributed by atoms with E-state index in [1.165, 1.54) is 0 Å². The Kier molecular flexibility index (Phi) is 5.97. The average Bonchev–Trinajstić information content (AvgIpc) is 3.27. The highest BCUT2D eigenvalue weighted by molar-refractivity contribution is 7.09. The lowest BCUT2D eigenvalue weighted by atomic mass is 10.0. The van der Waals surface area contributed by atoms with Crippen molar-refractivity contribution in [2.24, 2.45) is 0 Å². The van der Waals surface area contributed by atoms with E-state index in [9.17, 15) is 4.79 Å². The Morgan fingerprint density at radius 1 is 1.19 bits per heavy atom. The van der Waals surface area contributed by atoms with Crippen LogP contribution >= 0.6 is 22.9 Å². The van der Waals surface area contributed by atoms with Crippen LogP contribution in [-0.4, -0.2) is 20.7 Å². The third-order valence-corrected chi connectivity index (χ3v) is 5.61. The standard InChI is InChI=1S/C20H23ClN4OS/c1-12(2)18-17(10-23-25(18)16-7-5-14(21)6-8-16)19(26)22-9-15-11-27-20(24-15)13(3)4/h5-8,10-13H,9H2,1-4H3,(H,22,26). The Morgan fingerprint density at radius 2 is 1.89 bits per heavy atom. The molecular formula is C20H23ClN4OS. The molecule has 1 amide bonds. The fourth-order valence-corrected chi connectivity index (χ4v) is 3.77. The summed E-state index contributed by atoms with van der Waals surface area (Å²) in [6.07, 6.45) is 1.62. The molecule has 0 radical (unpaired) electrons. The van der Waals surface area contributed by atoms with Crippen molar-refractivity contribution in [3.63, 3.8) is 0 Å². The molecule has 0 aliphatic carbocycles. The molecule has 0 aliphatic heterocycles. The lowest BCUT2D eigenvalue weighted by Gasteiger charge is -2.13. The second kappa shape index (κ2) is 8.23. The number of thiazole rings is 1. The number of halogens is 1. The highest BCUT2D eigenvalue weighted by atomic mass is 35.5. The van der Waals surface area contributed by atoms with Crippen molar-refractivity contribution in [1.29, 1.82) is 0 Å². The van der Waals surface area contributed by atoms with Gasteiger partial charge in [-0.1, -0.05) is 39.3 Å². The van der Waals surface area contributed by atoms with Crippen molar-refractivity contribution in [1.82, 2.24) is 20.1 Å². The third-order valence-electron chi connectivity index (χ3n) is 4.16. The zero-order valence-corrected chi connectivity index (χ0v) is 17.4. The van der Waals surface area contributed by atoms with Gasteiger partial charge in [0.15, 0.2) is 0 Å². The number of amides is 1. The number of hydrogen-bond acceptors (Lipinski definition) is 4. The SMILES string of the molecule is CC(C)c1nc(CNC(=O)c2cnn(-c3ccc(Cl)cc3)c2C(C)C)cs1. The van der Waals surface area contributed by atoms with Gasteiger partial charge in [-0.25, -0.2) is 9.67 Å². The van der Waals surface area contributed by atoms with Crippen molar-refractivity contribution in [3.8, 4) is 5.69 Å². The van der Waals surface area contributed by atoms with Gasteiger partial charge >= 0.3 is 0 Å². The first-order valence-corrected chi connectivity index (χ1v) is 10.2. The van der Waals surface area contributed by atoms with Gasteiger partial charge in [0, 0.05) is 16.3 Å². The second-order valence-corrected chi connectivity index (χ2v) is 8.33. The van der Waals surface area contributed by atoms with E-state index in [1.807, 2.05) is 29.6 Å². The molecule has 27 heavy (non-hydrogen) atoms. The van der Waals surface area contributed by atoms with E-state index in [4.69, 9.17) is 11.6 Å². The first kappa shape index (κ1) is 19.6. The molecule has 0 spiro atoms. The van der Waals surface area contributed by atoms with E-state index in [-0.39, 0.29) is 11.8 Å². The van der Waals surface area contributed by atoms with Crippen molar-refractivity contribution in [2.45, 2.75) is 46.1 Å². The van der Waals surface area contributed by atoms with Gasteiger partial charge in [-0.05, 0) is 30.2 Å². The molecule has 5 nitrogen and oxygen atoms in total. The summed E-state index contributed by atoms with van der Waals surface area (Å²) in [6.45, 7) is 8.74. The summed E-state index contributed by atoms with van der Waals surface area (Å²) in [4.78, 5) is 17.3. The van der Waals surface area contributed by atoms with Crippen molar-refractivity contribution >= 4 is 28.8 Å². The molecule has 2 aromatic heterocycles. The van der Waals surface area contributed by atoms with Gasteiger partial charge in [0.2, 0.25) is 0 Å². The Labute approximate surface area is 168 Å². The zero-order chi connectivity index (χ0) is 19.6. The molecule has 3 rings (SSSR count). The van der Waals surface area contributed by atoms with Crippen molar-refractivity contribution < 1.29 is 4.79 Å². The number of nitrogens with one attached hydrogen (secondary N) is 1. The Balaban J connectivity index is 1.80. The predicted molar refractivity (Wildman–Crippen MR) is 110 cm³/mol. The van der Waals surface area contributed by atoms with Crippen LogP contribution < -0.4 is 5.32 Å². The number of carbonyl (C=O) groups excluding carboxylic acids is 1. The molecule has 0 unspecified atom stereocenters. The molecule has 0 atom stereocenters. The third kappa shape index (κ3) is 4.39. The molecule has 0 aliphatic rings. The molecule has 2 heterocycles. The van der Waals surface area contributed by atoms with Gasteiger partial charge in [0.25, 0.3) is 5.91 Å². The minimum absolute atomic E-state index is 0.135. The Morgan fingerprint density at radius 3 is 2.48 bits per heavy atom. The van der Waals surface area contributed by atoms with Crippen molar-refractivity contribution in [3.05, 3.63) is 62.8 Å². The molecule has 1 aromatic carbocycles. The number of carbonyl (C=O) groups is 1. The summed E-state index contributed by atoms with van der Waals surface area (Å²) in [7, 11) is 0. The lowest BCUT2D eigenvalue weighted by Crippen LogP contribution is -2.24. The molecule has 142 valence electrons. The maximum absolute atomic E-state index is 12.8. The van der Waals surface area contributed by atoms with Crippen LogP contribution in [0.3, 0.4) is 0 Å². The van der Waals surface area contributed by atoms with Gasteiger partial charge in [-0.2, -0.15) is 5.10 Å². The molecule has 0 bridgehead atoms. The van der Waals surface area contributed by atoms with Gasteiger partial charge in [0.05, 0.1) is 40.4 Å². The largest absolute Gasteiger partial charge is 0.346 e. The summed E-state index contributed by atoms with van der Waals surface area (Å²) in [5.74, 6) is 0.387. The molecule has 0 saturated carbocycles. The van der Waals surface area contributed by atoms with Crippen LogP contribution in [0.4, 0.5) is 0 Å².